The van der Waals surface area contributed by atoms with Crippen LogP contribution in [0.4, 0.5) is 0 Å². The lowest BCUT2D eigenvalue weighted by molar-refractivity contribution is 0.660. The maximum Gasteiger partial charge on any atom is 0.164 e. The fraction of sp³-hybridized carbons (Fsp3) is 0.0172. The third-order valence-electron chi connectivity index (χ3n) is 12.8. The van der Waals surface area contributed by atoms with Gasteiger partial charge < -0.3 is 4.42 Å². The van der Waals surface area contributed by atoms with Crippen LogP contribution >= 0.6 is 11.8 Å². The smallest absolute Gasteiger partial charge is 0.164 e. The van der Waals surface area contributed by atoms with Crippen molar-refractivity contribution >= 4 is 33.7 Å². The second-order valence-corrected chi connectivity index (χ2v) is 17.3. The van der Waals surface area contributed by atoms with E-state index in [-0.39, 0.29) is 0 Å². The van der Waals surface area contributed by atoms with Crippen molar-refractivity contribution in [1.82, 2.24) is 15.0 Å². The molecule has 9 aromatic carbocycles. The highest BCUT2D eigenvalue weighted by Crippen LogP contribution is 2.62. The van der Waals surface area contributed by atoms with E-state index >= 15 is 0 Å². The van der Waals surface area contributed by atoms with Crippen LogP contribution in [0, 0.1) is 0 Å². The number of hydrogen-bond acceptors (Lipinski definition) is 5. The summed E-state index contributed by atoms with van der Waals surface area (Å²) in [6.45, 7) is 0. The van der Waals surface area contributed by atoms with Crippen molar-refractivity contribution < 1.29 is 4.42 Å². The number of furan rings is 1. The van der Waals surface area contributed by atoms with Crippen molar-refractivity contribution in [3.05, 3.63) is 235 Å². The highest BCUT2D eigenvalue weighted by Gasteiger charge is 2.49. The Morgan fingerprint density at radius 2 is 0.841 bits per heavy atom. The number of aromatic nitrogens is 3. The normalized spacial score (nSPS) is 14.7. The Balaban J connectivity index is 1.11. The monoisotopic (exact) mass is 821 g/mol. The summed E-state index contributed by atoms with van der Waals surface area (Å²) in [6, 6.07) is 75.8. The predicted octanol–water partition coefficient (Wildman–Crippen LogP) is 14.9. The van der Waals surface area contributed by atoms with Gasteiger partial charge in [0.05, 0.1) is 5.41 Å². The van der Waals surface area contributed by atoms with Crippen LogP contribution in [0.25, 0.3) is 89.5 Å². The first-order valence-electron chi connectivity index (χ1n) is 21.3. The average Bonchev–Trinajstić information content (AvgIpc) is 3.68. The van der Waals surface area contributed by atoms with Crippen molar-refractivity contribution in [3.8, 4) is 67.5 Å². The summed E-state index contributed by atoms with van der Waals surface area (Å²) in [6.07, 6.45) is 0. The Morgan fingerprint density at radius 3 is 1.59 bits per heavy atom. The maximum atomic E-state index is 6.71. The fourth-order valence-corrected chi connectivity index (χ4v) is 11.2. The molecular formula is C58H35N3OS. The van der Waals surface area contributed by atoms with Crippen LogP contribution in [0.2, 0.25) is 0 Å². The van der Waals surface area contributed by atoms with E-state index < -0.39 is 5.41 Å². The number of para-hydroxylation sites is 1. The first-order valence-corrected chi connectivity index (χ1v) is 22.1. The highest BCUT2D eigenvalue weighted by atomic mass is 32.2. The number of hydrogen-bond donors (Lipinski definition) is 0. The zero-order valence-corrected chi connectivity index (χ0v) is 34.7. The van der Waals surface area contributed by atoms with Crippen molar-refractivity contribution in [2.45, 2.75) is 15.2 Å². The van der Waals surface area contributed by atoms with Gasteiger partial charge in [0.2, 0.25) is 0 Å². The van der Waals surface area contributed by atoms with Gasteiger partial charge in [-0.15, -0.1) is 0 Å². The van der Waals surface area contributed by atoms with Crippen molar-refractivity contribution in [2.75, 3.05) is 0 Å². The van der Waals surface area contributed by atoms with Gasteiger partial charge in [-0.3, -0.25) is 0 Å². The molecule has 1 unspecified atom stereocenters. The van der Waals surface area contributed by atoms with Gasteiger partial charge in [-0.05, 0) is 86.0 Å². The van der Waals surface area contributed by atoms with Crippen LogP contribution in [-0.4, -0.2) is 15.0 Å². The Hall–Kier alpha value is -7.86. The van der Waals surface area contributed by atoms with Crippen LogP contribution in [0.1, 0.15) is 22.3 Å². The summed E-state index contributed by atoms with van der Waals surface area (Å²) in [5, 5.41) is 2.24. The molecule has 5 heteroatoms. The zero-order valence-electron chi connectivity index (χ0n) is 33.9. The zero-order chi connectivity index (χ0) is 41.5. The summed E-state index contributed by atoms with van der Waals surface area (Å²) in [5.74, 6) is 1.86. The molecule has 0 N–H and O–H groups in total. The summed E-state index contributed by atoms with van der Waals surface area (Å²) in [5.41, 5.74) is 15.6. The Kier molecular flexibility index (Phi) is 8.02. The van der Waals surface area contributed by atoms with Gasteiger partial charge in [-0.2, -0.15) is 0 Å². The van der Waals surface area contributed by atoms with Crippen molar-refractivity contribution in [2.24, 2.45) is 0 Å². The average molecular weight is 822 g/mol. The molecule has 2 aliphatic rings. The van der Waals surface area contributed by atoms with E-state index in [1.807, 2.05) is 42.1 Å². The summed E-state index contributed by atoms with van der Waals surface area (Å²) < 4.78 is 6.71. The molecule has 1 atom stereocenters. The van der Waals surface area contributed by atoms with Crippen LogP contribution in [0.3, 0.4) is 0 Å². The minimum atomic E-state index is -0.753. The Labute approximate surface area is 368 Å². The van der Waals surface area contributed by atoms with Crippen LogP contribution in [0.5, 0.6) is 0 Å². The molecular weight excluding hydrogens is 787 g/mol. The molecule has 63 heavy (non-hydrogen) atoms. The quantitative estimate of drug-likeness (QED) is 0.177. The molecule has 0 fully saturated rings. The fourth-order valence-electron chi connectivity index (χ4n) is 10.0. The van der Waals surface area contributed by atoms with E-state index in [4.69, 9.17) is 19.4 Å². The SMILES string of the molecule is c1ccc(-c2ccc(-c3nc(-c4ccccc4)nc(-c4ccc5c(c4)C4(c6ccccc6Sc6cc7c(cc64)oc4ccccc47)c4ccccc4-c4ccccc4-5)n3)cc2)cc1. The predicted molar refractivity (Wildman–Crippen MR) is 256 cm³/mol. The first-order chi connectivity index (χ1) is 31.2. The topological polar surface area (TPSA) is 51.8 Å². The third kappa shape index (κ3) is 5.53. The van der Waals surface area contributed by atoms with E-state index in [9.17, 15) is 0 Å². The summed E-state index contributed by atoms with van der Waals surface area (Å²) in [4.78, 5) is 18.1. The van der Waals surface area contributed by atoms with E-state index in [2.05, 4.69) is 182 Å². The number of benzene rings is 9. The molecule has 294 valence electrons. The molecule has 13 rings (SSSR count). The molecule has 3 heterocycles. The minimum absolute atomic E-state index is 0.612. The summed E-state index contributed by atoms with van der Waals surface area (Å²) in [7, 11) is 0. The van der Waals surface area contributed by atoms with Gasteiger partial charge in [0.15, 0.2) is 17.5 Å². The van der Waals surface area contributed by atoms with Crippen molar-refractivity contribution in [3.63, 3.8) is 0 Å². The van der Waals surface area contributed by atoms with E-state index in [0.29, 0.717) is 17.5 Å². The summed E-state index contributed by atoms with van der Waals surface area (Å²) >= 11 is 1.84. The van der Waals surface area contributed by atoms with E-state index in [0.717, 1.165) is 60.9 Å². The molecule has 0 radical (unpaired) electrons. The van der Waals surface area contributed by atoms with Crippen LogP contribution < -0.4 is 0 Å². The van der Waals surface area contributed by atoms with Crippen LogP contribution in [-0.2, 0) is 5.41 Å². The van der Waals surface area contributed by atoms with E-state index in [1.165, 1.54) is 43.2 Å². The Bertz CT molecular complexity index is 3600. The van der Waals surface area contributed by atoms with Gasteiger partial charge in [0.1, 0.15) is 11.2 Å². The molecule has 0 saturated carbocycles. The van der Waals surface area contributed by atoms with E-state index in [1.54, 1.807) is 0 Å². The number of rotatable bonds is 4. The lowest BCUT2D eigenvalue weighted by Crippen LogP contribution is -2.34. The largest absolute Gasteiger partial charge is 0.456 e. The van der Waals surface area contributed by atoms with Gasteiger partial charge in [-0.25, -0.2) is 15.0 Å². The molecule has 1 spiro atoms. The molecule has 1 aliphatic carbocycles. The number of fused-ring (bicyclic) bond motifs is 14. The highest BCUT2D eigenvalue weighted by molar-refractivity contribution is 7.99. The standard InChI is InChI=1S/C58H35N3OS/c1-3-15-36(16-4-1)37-27-29-39(30-28-37)56-59-55(38-17-5-2-6-18-38)60-57(61-56)40-31-32-44-42-20-8-7-19-41(42)43-21-9-11-23-47(43)58(49(44)33-40)48-24-12-14-26-53(48)63-54-34-46-45-22-10-13-25-51(45)62-52(46)35-50(54)58/h1-35H. The maximum absolute atomic E-state index is 6.71. The number of nitrogens with zero attached hydrogens (tertiary/aromatic N) is 3. The first kappa shape index (κ1) is 35.9. The second-order valence-electron chi connectivity index (χ2n) is 16.3. The van der Waals surface area contributed by atoms with Gasteiger partial charge in [-0.1, -0.05) is 194 Å². The minimum Gasteiger partial charge on any atom is -0.456 e. The Morgan fingerprint density at radius 1 is 0.317 bits per heavy atom. The van der Waals surface area contributed by atoms with Gasteiger partial charge >= 0.3 is 0 Å². The molecule has 0 saturated heterocycles. The molecule has 1 aliphatic heterocycles. The lowest BCUT2D eigenvalue weighted by atomic mass is 9.63. The van der Waals surface area contributed by atoms with Crippen LogP contribution in [0.15, 0.2) is 227 Å². The molecule has 2 aromatic heterocycles. The van der Waals surface area contributed by atoms with Gasteiger partial charge in [0.25, 0.3) is 0 Å². The molecule has 4 nitrogen and oxygen atoms in total. The third-order valence-corrected chi connectivity index (χ3v) is 14.0. The second kappa shape index (κ2) is 14.1. The molecule has 0 amide bonds. The lowest BCUT2D eigenvalue weighted by Gasteiger charge is -2.42. The molecule has 0 bridgehead atoms. The van der Waals surface area contributed by atoms with Gasteiger partial charge in [0, 0.05) is 37.3 Å². The van der Waals surface area contributed by atoms with Crippen molar-refractivity contribution in [1.29, 1.82) is 0 Å². The molecule has 11 aromatic rings.